The standard InChI is InChI=1S/C15H13Br2FN2O/c1-8-4-11(17)12(18)6-13(8)19-15(21)14-5-9(16)7-20(14)10-2-3-10/h4-7,10H,2-3H2,1H3,(H,19,21). The first-order valence-corrected chi connectivity index (χ1v) is 8.18. The van der Waals surface area contributed by atoms with Crippen LogP contribution in [-0.4, -0.2) is 10.5 Å². The van der Waals surface area contributed by atoms with Crippen LogP contribution in [0.1, 0.15) is 34.9 Å². The van der Waals surface area contributed by atoms with Gasteiger partial charge in [-0.05, 0) is 75.4 Å². The maximum absolute atomic E-state index is 13.6. The number of rotatable bonds is 3. The van der Waals surface area contributed by atoms with Gasteiger partial charge in [-0.3, -0.25) is 4.79 Å². The molecule has 1 aliphatic rings. The van der Waals surface area contributed by atoms with Crippen molar-refractivity contribution in [3.63, 3.8) is 0 Å². The zero-order chi connectivity index (χ0) is 15.1. The van der Waals surface area contributed by atoms with E-state index in [2.05, 4.69) is 37.2 Å². The van der Waals surface area contributed by atoms with E-state index in [1.54, 1.807) is 12.1 Å². The van der Waals surface area contributed by atoms with Crippen LogP contribution in [0, 0.1) is 12.7 Å². The Morgan fingerprint density at radius 1 is 1.33 bits per heavy atom. The van der Waals surface area contributed by atoms with Crippen molar-refractivity contribution in [3.8, 4) is 0 Å². The third-order valence-electron chi connectivity index (χ3n) is 3.50. The first kappa shape index (κ1) is 14.8. The number of benzene rings is 1. The van der Waals surface area contributed by atoms with Crippen molar-refractivity contribution in [2.24, 2.45) is 0 Å². The number of nitrogens with zero attached hydrogens (tertiary/aromatic N) is 1. The van der Waals surface area contributed by atoms with Crippen LogP contribution in [-0.2, 0) is 0 Å². The van der Waals surface area contributed by atoms with E-state index in [1.807, 2.05) is 17.7 Å². The van der Waals surface area contributed by atoms with Crippen molar-refractivity contribution in [3.05, 3.63) is 50.4 Å². The number of aryl methyl sites for hydroxylation is 1. The van der Waals surface area contributed by atoms with Crippen molar-refractivity contribution in [2.45, 2.75) is 25.8 Å². The van der Waals surface area contributed by atoms with Crippen molar-refractivity contribution >= 4 is 43.5 Å². The fraction of sp³-hybridized carbons (Fsp3) is 0.267. The van der Waals surface area contributed by atoms with Gasteiger partial charge in [0, 0.05) is 22.4 Å². The van der Waals surface area contributed by atoms with E-state index in [9.17, 15) is 9.18 Å². The number of anilines is 1. The molecule has 1 aromatic heterocycles. The average Bonchev–Trinajstić information content (AvgIpc) is 3.18. The number of hydrogen-bond acceptors (Lipinski definition) is 1. The Balaban J connectivity index is 1.88. The molecule has 1 heterocycles. The molecular formula is C15H13Br2FN2O. The minimum Gasteiger partial charge on any atom is -0.339 e. The number of nitrogens with one attached hydrogen (secondary N) is 1. The molecule has 0 aliphatic heterocycles. The molecule has 1 N–H and O–H groups in total. The third-order valence-corrected chi connectivity index (χ3v) is 4.54. The van der Waals surface area contributed by atoms with Crippen LogP contribution in [0.5, 0.6) is 0 Å². The highest BCUT2D eigenvalue weighted by Crippen LogP contribution is 2.37. The van der Waals surface area contributed by atoms with Gasteiger partial charge in [0.05, 0.1) is 4.47 Å². The molecule has 1 amide bonds. The van der Waals surface area contributed by atoms with E-state index in [-0.39, 0.29) is 5.91 Å². The summed E-state index contributed by atoms with van der Waals surface area (Å²) in [7, 11) is 0. The molecule has 3 nitrogen and oxygen atoms in total. The molecule has 1 aromatic carbocycles. The van der Waals surface area contributed by atoms with Crippen molar-refractivity contribution in [2.75, 3.05) is 5.32 Å². The first-order chi connectivity index (χ1) is 9.95. The average molecular weight is 416 g/mol. The number of amides is 1. The fourth-order valence-corrected chi connectivity index (χ4v) is 3.14. The van der Waals surface area contributed by atoms with Crippen molar-refractivity contribution < 1.29 is 9.18 Å². The van der Waals surface area contributed by atoms with E-state index in [1.165, 1.54) is 6.07 Å². The number of halogens is 3. The first-order valence-electron chi connectivity index (χ1n) is 6.60. The van der Waals surface area contributed by atoms with Gasteiger partial charge in [-0.2, -0.15) is 0 Å². The summed E-state index contributed by atoms with van der Waals surface area (Å²) in [6.45, 7) is 1.83. The van der Waals surface area contributed by atoms with Crippen molar-refractivity contribution in [1.82, 2.24) is 4.57 Å². The van der Waals surface area contributed by atoms with Crippen LogP contribution in [0.2, 0.25) is 0 Å². The Labute approximate surface area is 138 Å². The molecule has 6 heteroatoms. The summed E-state index contributed by atoms with van der Waals surface area (Å²) < 4.78 is 16.9. The molecule has 110 valence electrons. The van der Waals surface area contributed by atoms with E-state index >= 15 is 0 Å². The minimum absolute atomic E-state index is 0.225. The maximum Gasteiger partial charge on any atom is 0.272 e. The van der Waals surface area contributed by atoms with Gasteiger partial charge in [0.25, 0.3) is 5.91 Å². The van der Waals surface area contributed by atoms with E-state index < -0.39 is 5.82 Å². The summed E-state index contributed by atoms with van der Waals surface area (Å²) in [5, 5.41) is 2.79. The predicted molar refractivity (Wildman–Crippen MR) is 87.2 cm³/mol. The van der Waals surface area contributed by atoms with Gasteiger partial charge in [0.1, 0.15) is 11.5 Å². The van der Waals surface area contributed by atoms with Gasteiger partial charge >= 0.3 is 0 Å². The highest BCUT2D eigenvalue weighted by atomic mass is 79.9. The topological polar surface area (TPSA) is 34.0 Å². The fourth-order valence-electron chi connectivity index (χ4n) is 2.25. The monoisotopic (exact) mass is 414 g/mol. The normalized spacial score (nSPS) is 14.3. The molecule has 0 radical (unpaired) electrons. The van der Waals surface area contributed by atoms with Gasteiger partial charge in [0.2, 0.25) is 0 Å². The quantitative estimate of drug-likeness (QED) is 0.747. The molecule has 0 unspecified atom stereocenters. The van der Waals surface area contributed by atoms with Crippen LogP contribution in [0.4, 0.5) is 10.1 Å². The SMILES string of the molecule is Cc1cc(Br)c(F)cc1NC(=O)c1cc(Br)cn1C1CC1. The molecule has 1 fully saturated rings. The van der Waals surface area contributed by atoms with Crippen LogP contribution >= 0.6 is 31.9 Å². The Morgan fingerprint density at radius 2 is 2.05 bits per heavy atom. The third kappa shape index (κ3) is 3.06. The molecule has 2 aromatic rings. The lowest BCUT2D eigenvalue weighted by Crippen LogP contribution is -2.17. The number of aromatic nitrogens is 1. The molecule has 21 heavy (non-hydrogen) atoms. The van der Waals surface area contributed by atoms with Gasteiger partial charge in [0.15, 0.2) is 0 Å². The van der Waals surface area contributed by atoms with Gasteiger partial charge < -0.3 is 9.88 Å². The zero-order valence-corrected chi connectivity index (χ0v) is 14.5. The van der Waals surface area contributed by atoms with Crippen LogP contribution in [0.25, 0.3) is 0 Å². The molecule has 1 saturated carbocycles. The second-order valence-electron chi connectivity index (χ2n) is 5.22. The summed E-state index contributed by atoms with van der Waals surface area (Å²) in [5.41, 5.74) is 1.88. The zero-order valence-electron chi connectivity index (χ0n) is 11.3. The molecule has 0 atom stereocenters. The maximum atomic E-state index is 13.6. The smallest absolute Gasteiger partial charge is 0.272 e. The summed E-state index contributed by atoms with van der Waals surface area (Å²) in [6, 6.07) is 5.18. The van der Waals surface area contributed by atoms with Crippen LogP contribution in [0.3, 0.4) is 0 Å². The largest absolute Gasteiger partial charge is 0.339 e. The number of carbonyl (C=O) groups is 1. The van der Waals surface area contributed by atoms with E-state index in [0.717, 1.165) is 22.9 Å². The summed E-state index contributed by atoms with van der Waals surface area (Å²) >= 11 is 6.54. The Kier molecular flexibility index (Phi) is 3.92. The van der Waals surface area contributed by atoms with Gasteiger partial charge in [-0.15, -0.1) is 0 Å². The van der Waals surface area contributed by atoms with Crippen LogP contribution in [0.15, 0.2) is 33.3 Å². The van der Waals surface area contributed by atoms with Gasteiger partial charge in [-0.1, -0.05) is 0 Å². The van der Waals surface area contributed by atoms with Crippen molar-refractivity contribution in [1.29, 1.82) is 0 Å². The van der Waals surface area contributed by atoms with E-state index in [0.29, 0.717) is 21.9 Å². The lowest BCUT2D eigenvalue weighted by Gasteiger charge is -2.11. The Bertz CT molecular complexity index is 723. The molecule has 0 bridgehead atoms. The predicted octanol–water partition coefficient (Wildman–Crippen LogP) is 5.05. The number of hydrogen-bond donors (Lipinski definition) is 1. The molecule has 0 saturated heterocycles. The number of carbonyl (C=O) groups excluding carboxylic acids is 1. The summed E-state index contributed by atoms with van der Waals surface area (Å²) in [6.07, 6.45) is 4.10. The minimum atomic E-state index is -0.394. The second kappa shape index (κ2) is 5.57. The Morgan fingerprint density at radius 3 is 2.71 bits per heavy atom. The van der Waals surface area contributed by atoms with E-state index in [4.69, 9.17) is 0 Å². The highest BCUT2D eigenvalue weighted by Gasteiger charge is 2.28. The lowest BCUT2D eigenvalue weighted by molar-refractivity contribution is 0.101. The Hall–Kier alpha value is -1.14. The molecule has 0 spiro atoms. The molecular weight excluding hydrogens is 403 g/mol. The molecule has 1 aliphatic carbocycles. The molecule has 3 rings (SSSR count). The summed E-state index contributed by atoms with van der Waals surface area (Å²) in [5.74, 6) is -0.618. The highest BCUT2D eigenvalue weighted by molar-refractivity contribution is 9.10. The van der Waals surface area contributed by atoms with Gasteiger partial charge in [-0.25, -0.2) is 4.39 Å². The second-order valence-corrected chi connectivity index (χ2v) is 6.99. The van der Waals surface area contributed by atoms with Crippen LogP contribution < -0.4 is 5.32 Å². The lowest BCUT2D eigenvalue weighted by atomic mass is 10.2. The summed E-state index contributed by atoms with van der Waals surface area (Å²) in [4.78, 5) is 12.4.